The van der Waals surface area contributed by atoms with E-state index in [1.54, 1.807) is 0 Å². The van der Waals surface area contributed by atoms with Crippen molar-refractivity contribution in [3.05, 3.63) is 0 Å². The van der Waals surface area contributed by atoms with E-state index in [2.05, 4.69) is 19.0 Å². The summed E-state index contributed by atoms with van der Waals surface area (Å²) in [5, 5.41) is 12.3. The van der Waals surface area contributed by atoms with Gasteiger partial charge in [-0.2, -0.15) is 0 Å². The molecule has 1 aliphatic carbocycles. The Balaban J connectivity index is 2.00. The van der Waals surface area contributed by atoms with Crippen molar-refractivity contribution >= 4 is 11.6 Å². The lowest BCUT2D eigenvalue weighted by atomic mass is 9.90. The van der Waals surface area contributed by atoms with Gasteiger partial charge in [-0.1, -0.05) is 25.4 Å². The van der Waals surface area contributed by atoms with Gasteiger partial charge in [-0.05, 0) is 25.2 Å². The number of piperidine rings is 1. The van der Waals surface area contributed by atoms with Crippen molar-refractivity contribution in [3.8, 4) is 0 Å². The van der Waals surface area contributed by atoms with Crippen LogP contribution in [-0.2, 0) is 4.79 Å². The maximum Gasteiger partial charge on any atom is 0.225 e. The van der Waals surface area contributed by atoms with E-state index in [1.807, 2.05) is 4.90 Å². The summed E-state index contributed by atoms with van der Waals surface area (Å²) in [6.07, 6.45) is 5.08. The third-order valence-electron chi connectivity index (χ3n) is 4.66. The largest absolute Gasteiger partial charge is 0.411 e. The highest BCUT2D eigenvalue weighted by atomic mass is 16.4. The van der Waals surface area contributed by atoms with Crippen LogP contribution in [0, 0.1) is 17.8 Å². The molecule has 0 bridgehead atoms. The second-order valence-electron chi connectivity index (χ2n) is 5.75. The molecule has 1 N–H and O–H groups in total. The van der Waals surface area contributed by atoms with Gasteiger partial charge in [0.05, 0.1) is 5.71 Å². The molecule has 18 heavy (non-hydrogen) atoms. The molecule has 4 heteroatoms. The molecule has 3 unspecified atom stereocenters. The third kappa shape index (κ3) is 2.52. The van der Waals surface area contributed by atoms with Crippen LogP contribution < -0.4 is 0 Å². The smallest absolute Gasteiger partial charge is 0.225 e. The number of hydrogen-bond acceptors (Lipinski definition) is 3. The quantitative estimate of drug-likeness (QED) is 0.606. The highest BCUT2D eigenvalue weighted by Crippen LogP contribution is 2.33. The van der Waals surface area contributed by atoms with E-state index in [-0.39, 0.29) is 11.8 Å². The van der Waals surface area contributed by atoms with Crippen LogP contribution in [-0.4, -0.2) is 34.8 Å². The maximum absolute atomic E-state index is 12.5. The normalized spacial score (nSPS) is 35.1. The van der Waals surface area contributed by atoms with Crippen molar-refractivity contribution in [2.24, 2.45) is 22.9 Å². The molecule has 0 aromatic heterocycles. The van der Waals surface area contributed by atoms with Gasteiger partial charge < -0.3 is 10.1 Å². The number of oxime groups is 1. The van der Waals surface area contributed by atoms with E-state index >= 15 is 0 Å². The number of amides is 1. The Kier molecular flexibility index (Phi) is 4.25. The molecule has 0 aromatic carbocycles. The zero-order chi connectivity index (χ0) is 13.1. The Hall–Kier alpha value is -1.06. The fourth-order valence-electron chi connectivity index (χ4n) is 3.36. The molecule has 1 saturated carbocycles. The van der Waals surface area contributed by atoms with Crippen molar-refractivity contribution in [3.63, 3.8) is 0 Å². The molecule has 2 rings (SSSR count). The molecule has 2 fully saturated rings. The molecule has 102 valence electrons. The van der Waals surface area contributed by atoms with Crippen LogP contribution in [0.25, 0.3) is 0 Å². The summed E-state index contributed by atoms with van der Waals surface area (Å²) in [7, 11) is 0. The standard InChI is InChI=1S/C14H24N2O2/c1-3-11-9-16(8-7-13(11)15-18)14(17)12-6-4-5-10(12)2/h10-12,18H,3-9H2,1-2H3. The zero-order valence-corrected chi connectivity index (χ0v) is 11.4. The maximum atomic E-state index is 12.5. The fraction of sp³-hybridized carbons (Fsp3) is 0.857. The van der Waals surface area contributed by atoms with Crippen LogP contribution in [0.5, 0.6) is 0 Å². The molecule has 0 aromatic rings. The molecule has 0 spiro atoms. The number of nitrogens with zero attached hydrogens (tertiary/aromatic N) is 2. The van der Waals surface area contributed by atoms with Gasteiger partial charge >= 0.3 is 0 Å². The fourth-order valence-corrected chi connectivity index (χ4v) is 3.36. The van der Waals surface area contributed by atoms with Gasteiger partial charge in [0.15, 0.2) is 0 Å². The summed E-state index contributed by atoms with van der Waals surface area (Å²) in [4.78, 5) is 14.5. The van der Waals surface area contributed by atoms with Crippen molar-refractivity contribution in [1.82, 2.24) is 4.90 Å². The van der Waals surface area contributed by atoms with Crippen molar-refractivity contribution in [1.29, 1.82) is 0 Å². The molecule has 0 radical (unpaired) electrons. The van der Waals surface area contributed by atoms with Crippen LogP contribution in [0.4, 0.5) is 0 Å². The van der Waals surface area contributed by atoms with E-state index < -0.39 is 0 Å². The van der Waals surface area contributed by atoms with Gasteiger partial charge in [-0.25, -0.2) is 0 Å². The Morgan fingerprint density at radius 2 is 2.28 bits per heavy atom. The molecular weight excluding hydrogens is 228 g/mol. The minimum absolute atomic E-state index is 0.232. The second kappa shape index (κ2) is 5.72. The van der Waals surface area contributed by atoms with Crippen LogP contribution in [0.15, 0.2) is 5.16 Å². The number of hydrogen-bond donors (Lipinski definition) is 1. The Bertz CT molecular complexity index is 341. The molecule has 4 nitrogen and oxygen atoms in total. The summed E-state index contributed by atoms with van der Waals surface area (Å²) in [6, 6.07) is 0. The first-order valence-corrected chi connectivity index (χ1v) is 7.17. The number of carbonyl (C=O) groups excluding carboxylic acids is 1. The molecule has 1 amide bonds. The number of likely N-dealkylation sites (tertiary alicyclic amines) is 1. The van der Waals surface area contributed by atoms with Crippen molar-refractivity contribution < 1.29 is 10.0 Å². The third-order valence-corrected chi connectivity index (χ3v) is 4.66. The number of rotatable bonds is 2. The zero-order valence-electron chi connectivity index (χ0n) is 11.4. The summed E-state index contributed by atoms with van der Waals surface area (Å²) in [5.41, 5.74) is 0.862. The van der Waals surface area contributed by atoms with Gasteiger partial charge in [0.2, 0.25) is 5.91 Å². The number of carbonyl (C=O) groups is 1. The summed E-state index contributed by atoms with van der Waals surface area (Å²) in [6.45, 7) is 5.73. The van der Waals surface area contributed by atoms with E-state index in [9.17, 15) is 4.79 Å². The predicted octanol–water partition coefficient (Wildman–Crippen LogP) is 2.51. The van der Waals surface area contributed by atoms with E-state index in [4.69, 9.17) is 5.21 Å². The van der Waals surface area contributed by atoms with E-state index in [0.717, 1.165) is 38.1 Å². The first kappa shape index (κ1) is 13.4. The Morgan fingerprint density at radius 1 is 1.50 bits per heavy atom. The molecule has 2 aliphatic rings. The van der Waals surface area contributed by atoms with Crippen LogP contribution in [0.2, 0.25) is 0 Å². The molecule has 1 heterocycles. The molecule has 1 aliphatic heterocycles. The lowest BCUT2D eigenvalue weighted by Gasteiger charge is -2.35. The summed E-state index contributed by atoms with van der Waals surface area (Å²) < 4.78 is 0. The van der Waals surface area contributed by atoms with E-state index in [0.29, 0.717) is 11.8 Å². The van der Waals surface area contributed by atoms with Crippen molar-refractivity contribution in [2.45, 2.75) is 46.0 Å². The molecule has 1 saturated heterocycles. The van der Waals surface area contributed by atoms with Gasteiger partial charge in [-0.3, -0.25) is 4.79 Å². The SMILES string of the molecule is CCC1CN(C(=O)C2CCCC2C)CCC1=NO. The minimum atomic E-state index is 0.232. The lowest BCUT2D eigenvalue weighted by molar-refractivity contribution is -0.137. The van der Waals surface area contributed by atoms with Gasteiger partial charge in [0, 0.05) is 31.3 Å². The first-order chi connectivity index (χ1) is 8.67. The van der Waals surface area contributed by atoms with Crippen LogP contribution in [0.3, 0.4) is 0 Å². The predicted molar refractivity (Wildman–Crippen MR) is 70.7 cm³/mol. The molecule has 3 atom stereocenters. The highest BCUT2D eigenvalue weighted by molar-refractivity contribution is 5.89. The van der Waals surface area contributed by atoms with Gasteiger partial charge in [-0.15, -0.1) is 0 Å². The topological polar surface area (TPSA) is 52.9 Å². The summed E-state index contributed by atoms with van der Waals surface area (Å²) >= 11 is 0. The minimum Gasteiger partial charge on any atom is -0.411 e. The monoisotopic (exact) mass is 252 g/mol. The lowest BCUT2D eigenvalue weighted by Crippen LogP contribution is -2.46. The summed E-state index contributed by atoms with van der Waals surface area (Å²) in [5.74, 6) is 1.33. The highest BCUT2D eigenvalue weighted by Gasteiger charge is 2.35. The van der Waals surface area contributed by atoms with Gasteiger partial charge in [0.1, 0.15) is 0 Å². The average Bonchev–Trinajstić information content (AvgIpc) is 2.83. The van der Waals surface area contributed by atoms with Crippen molar-refractivity contribution in [2.75, 3.05) is 13.1 Å². The first-order valence-electron chi connectivity index (χ1n) is 7.17. The second-order valence-corrected chi connectivity index (χ2v) is 5.75. The van der Waals surface area contributed by atoms with E-state index in [1.165, 1.54) is 12.8 Å². The Labute approximate surface area is 109 Å². The molecular formula is C14H24N2O2. The van der Waals surface area contributed by atoms with Crippen LogP contribution >= 0.6 is 0 Å². The Morgan fingerprint density at radius 3 is 2.83 bits per heavy atom. The van der Waals surface area contributed by atoms with Crippen LogP contribution in [0.1, 0.15) is 46.0 Å². The van der Waals surface area contributed by atoms with Gasteiger partial charge in [0.25, 0.3) is 0 Å². The average molecular weight is 252 g/mol.